The Morgan fingerprint density at radius 1 is 0.718 bits per heavy atom. The highest BCUT2D eigenvalue weighted by atomic mass is 16.5. The van der Waals surface area contributed by atoms with Crippen LogP contribution in [0.4, 0.5) is 0 Å². The van der Waals surface area contributed by atoms with E-state index in [9.17, 15) is 4.79 Å². The Labute approximate surface area is 229 Å². The fraction of sp³-hybridized carbons (Fsp3) is 0.206. The van der Waals surface area contributed by atoms with Gasteiger partial charge in [0.25, 0.3) is 0 Å². The highest BCUT2D eigenvalue weighted by Crippen LogP contribution is 2.28. The summed E-state index contributed by atoms with van der Waals surface area (Å²) in [4.78, 5) is 11.1. The Hall–Kier alpha value is -4.35. The molecule has 0 aliphatic heterocycles. The quantitative estimate of drug-likeness (QED) is 0.170. The Morgan fingerprint density at radius 3 is 2.15 bits per heavy atom. The number of benzene rings is 4. The van der Waals surface area contributed by atoms with E-state index in [0.29, 0.717) is 26.2 Å². The molecule has 0 aliphatic rings. The van der Waals surface area contributed by atoms with E-state index in [-0.39, 0.29) is 6.42 Å². The van der Waals surface area contributed by atoms with Crippen molar-refractivity contribution in [3.63, 3.8) is 0 Å². The molecule has 198 valence electrons. The molecule has 5 aromatic rings. The molecule has 0 unspecified atom stereocenters. The summed E-state index contributed by atoms with van der Waals surface area (Å²) in [5, 5.41) is 10.3. The highest BCUT2D eigenvalue weighted by Gasteiger charge is 2.12. The minimum Gasteiger partial charge on any atom is -0.491 e. The number of hydrogen-bond donors (Lipinski definition) is 1. The summed E-state index contributed by atoms with van der Waals surface area (Å²) in [6, 6.07) is 35.0. The lowest BCUT2D eigenvalue weighted by atomic mass is 10.0. The van der Waals surface area contributed by atoms with Crippen LogP contribution in [0.1, 0.15) is 28.7 Å². The molecule has 0 fully saturated rings. The van der Waals surface area contributed by atoms with Gasteiger partial charge in [0.15, 0.2) is 0 Å². The largest absolute Gasteiger partial charge is 0.491 e. The zero-order chi connectivity index (χ0) is 26.9. The molecule has 0 saturated carbocycles. The number of aromatic nitrogens is 1. The van der Waals surface area contributed by atoms with Gasteiger partial charge in [0, 0.05) is 23.7 Å². The Bertz CT molecular complexity index is 1490. The second-order valence-corrected chi connectivity index (χ2v) is 9.64. The maximum absolute atomic E-state index is 11.1. The molecule has 4 aromatic carbocycles. The van der Waals surface area contributed by atoms with Crippen molar-refractivity contribution in [2.75, 3.05) is 13.2 Å². The highest BCUT2D eigenvalue weighted by molar-refractivity contribution is 5.86. The van der Waals surface area contributed by atoms with Crippen LogP contribution in [-0.2, 0) is 35.4 Å². The van der Waals surface area contributed by atoms with E-state index in [4.69, 9.17) is 14.6 Å². The number of aliphatic carboxylic acids is 1. The van der Waals surface area contributed by atoms with E-state index in [1.54, 1.807) is 0 Å². The van der Waals surface area contributed by atoms with Crippen LogP contribution in [0.25, 0.3) is 16.6 Å². The number of carbonyl (C=O) groups is 1. The van der Waals surface area contributed by atoms with Crippen molar-refractivity contribution in [3.05, 3.63) is 132 Å². The van der Waals surface area contributed by atoms with Crippen LogP contribution in [0.3, 0.4) is 0 Å². The van der Waals surface area contributed by atoms with Crippen LogP contribution >= 0.6 is 0 Å². The zero-order valence-corrected chi connectivity index (χ0v) is 22.0. The molecular formula is C34H33NO4. The van der Waals surface area contributed by atoms with E-state index < -0.39 is 5.97 Å². The number of carboxylic acid groups (broad SMARTS) is 1. The summed E-state index contributed by atoms with van der Waals surface area (Å²) in [6.07, 6.45) is 4.71. The number of aryl methyl sites for hydroxylation is 3. The minimum absolute atomic E-state index is 0.129. The molecule has 1 N–H and O–H groups in total. The molecule has 5 rings (SSSR count). The number of fused-ring (bicyclic) bond motifs is 1. The molecule has 1 heterocycles. The molecule has 0 saturated heterocycles. The summed E-state index contributed by atoms with van der Waals surface area (Å²) in [6.45, 7) is 1.59. The fourth-order valence-electron chi connectivity index (χ4n) is 4.77. The first kappa shape index (κ1) is 26.3. The number of carboxylic acids is 1. The van der Waals surface area contributed by atoms with E-state index in [1.807, 2.05) is 42.5 Å². The fourth-order valence-corrected chi connectivity index (χ4v) is 4.77. The third-order valence-corrected chi connectivity index (χ3v) is 6.83. The summed E-state index contributed by atoms with van der Waals surface area (Å²) in [5.41, 5.74) is 6.91. The molecule has 5 nitrogen and oxygen atoms in total. The lowest BCUT2D eigenvalue weighted by molar-refractivity contribution is -0.136. The molecule has 0 amide bonds. The van der Waals surface area contributed by atoms with E-state index in [2.05, 4.69) is 71.4 Å². The van der Waals surface area contributed by atoms with Crippen LogP contribution in [0, 0.1) is 0 Å². The van der Waals surface area contributed by atoms with Gasteiger partial charge < -0.3 is 19.1 Å². The molecule has 0 radical (unpaired) electrons. The topological polar surface area (TPSA) is 60.7 Å². The number of rotatable bonds is 13. The van der Waals surface area contributed by atoms with Crippen molar-refractivity contribution in [2.45, 2.75) is 32.3 Å². The molecule has 0 aliphatic carbocycles. The van der Waals surface area contributed by atoms with Crippen molar-refractivity contribution in [1.82, 2.24) is 4.57 Å². The average molecular weight is 520 g/mol. The number of hydrogen-bond acceptors (Lipinski definition) is 3. The second-order valence-electron chi connectivity index (χ2n) is 9.64. The van der Waals surface area contributed by atoms with E-state index in [0.717, 1.165) is 40.9 Å². The minimum atomic E-state index is -0.776. The Balaban J connectivity index is 1.28. The average Bonchev–Trinajstić information content (AvgIpc) is 3.34. The smallest absolute Gasteiger partial charge is 0.303 e. The summed E-state index contributed by atoms with van der Waals surface area (Å²) in [7, 11) is 0. The SMILES string of the molecule is O=C(O)CCc1ccc2c(c1)c(CCc1ccccc1)cn2-c1ccc(OCCOCc2ccccc2)cc1. The van der Waals surface area contributed by atoms with Gasteiger partial charge in [-0.15, -0.1) is 0 Å². The molecule has 5 heteroatoms. The second kappa shape index (κ2) is 12.9. The molecule has 0 spiro atoms. The summed E-state index contributed by atoms with van der Waals surface area (Å²) in [5.74, 6) is 0.0285. The predicted molar refractivity (Wildman–Crippen MR) is 155 cm³/mol. The molecule has 1 aromatic heterocycles. The van der Waals surface area contributed by atoms with Crippen molar-refractivity contribution >= 4 is 16.9 Å². The first-order valence-corrected chi connectivity index (χ1v) is 13.4. The molecule has 0 bridgehead atoms. The van der Waals surface area contributed by atoms with Gasteiger partial charge in [0.2, 0.25) is 0 Å². The van der Waals surface area contributed by atoms with Crippen LogP contribution in [-0.4, -0.2) is 28.9 Å². The van der Waals surface area contributed by atoms with E-state index >= 15 is 0 Å². The van der Waals surface area contributed by atoms with Crippen LogP contribution in [0.15, 0.2) is 109 Å². The van der Waals surface area contributed by atoms with Crippen LogP contribution in [0.2, 0.25) is 0 Å². The molecule has 0 atom stereocenters. The summed E-state index contributed by atoms with van der Waals surface area (Å²) >= 11 is 0. The molecule has 39 heavy (non-hydrogen) atoms. The predicted octanol–water partition coefficient (Wildman–Crippen LogP) is 7.03. The maximum atomic E-state index is 11.1. The van der Waals surface area contributed by atoms with Crippen molar-refractivity contribution < 1.29 is 19.4 Å². The van der Waals surface area contributed by atoms with Gasteiger partial charge in [-0.25, -0.2) is 0 Å². The Kier molecular flexibility index (Phi) is 8.71. The Morgan fingerprint density at radius 2 is 1.44 bits per heavy atom. The molecular weight excluding hydrogens is 486 g/mol. The first-order chi connectivity index (χ1) is 19.2. The summed E-state index contributed by atoms with van der Waals surface area (Å²) < 4.78 is 13.8. The van der Waals surface area contributed by atoms with Gasteiger partial charge in [0.05, 0.1) is 18.7 Å². The van der Waals surface area contributed by atoms with Gasteiger partial charge in [-0.2, -0.15) is 0 Å². The standard InChI is InChI=1S/C34H33NO4/c36-34(37)20-13-27-12-19-33-32(23-27)29(14-11-26-7-3-1-4-8-26)24-35(33)30-15-17-31(18-16-30)39-22-21-38-25-28-9-5-2-6-10-28/h1-10,12,15-19,23-24H,11,13-14,20-22,25H2,(H,36,37). The normalized spacial score (nSPS) is 11.1. The zero-order valence-electron chi connectivity index (χ0n) is 22.0. The number of ether oxygens (including phenoxy) is 2. The van der Waals surface area contributed by atoms with Gasteiger partial charge in [-0.05, 0) is 77.9 Å². The number of nitrogens with zero attached hydrogens (tertiary/aromatic N) is 1. The third kappa shape index (κ3) is 7.15. The maximum Gasteiger partial charge on any atom is 0.303 e. The third-order valence-electron chi connectivity index (χ3n) is 6.83. The van der Waals surface area contributed by atoms with Gasteiger partial charge in [0.1, 0.15) is 12.4 Å². The van der Waals surface area contributed by atoms with Crippen LogP contribution < -0.4 is 4.74 Å². The monoisotopic (exact) mass is 519 g/mol. The van der Waals surface area contributed by atoms with Crippen molar-refractivity contribution in [2.24, 2.45) is 0 Å². The van der Waals surface area contributed by atoms with Gasteiger partial charge >= 0.3 is 5.97 Å². The lowest BCUT2D eigenvalue weighted by Gasteiger charge is -2.10. The van der Waals surface area contributed by atoms with E-state index in [1.165, 1.54) is 16.5 Å². The first-order valence-electron chi connectivity index (χ1n) is 13.4. The van der Waals surface area contributed by atoms with Gasteiger partial charge in [-0.1, -0.05) is 66.7 Å². The van der Waals surface area contributed by atoms with Crippen LogP contribution in [0.5, 0.6) is 5.75 Å². The van der Waals surface area contributed by atoms with Crippen molar-refractivity contribution in [1.29, 1.82) is 0 Å². The lowest BCUT2D eigenvalue weighted by Crippen LogP contribution is -2.06. The van der Waals surface area contributed by atoms with Crippen molar-refractivity contribution in [3.8, 4) is 11.4 Å². The van der Waals surface area contributed by atoms with Gasteiger partial charge in [-0.3, -0.25) is 4.79 Å².